The smallest absolute Gasteiger partial charge is 0.327 e. The molecular formula is C12H16N2O3. The van der Waals surface area contributed by atoms with Crippen molar-refractivity contribution in [2.24, 2.45) is 11.7 Å². The van der Waals surface area contributed by atoms with E-state index in [0.717, 1.165) is 4.90 Å². The van der Waals surface area contributed by atoms with Crippen LogP contribution >= 0.6 is 0 Å². The molecule has 1 rings (SSSR count). The van der Waals surface area contributed by atoms with Crippen molar-refractivity contribution in [3.8, 4) is 0 Å². The zero-order valence-corrected chi connectivity index (χ0v) is 9.83. The highest BCUT2D eigenvalue weighted by molar-refractivity contribution is 5.97. The number of primary amides is 1. The van der Waals surface area contributed by atoms with E-state index in [2.05, 4.69) is 0 Å². The van der Waals surface area contributed by atoms with Crippen LogP contribution in [-0.2, 0) is 4.79 Å². The fourth-order valence-corrected chi connectivity index (χ4v) is 1.71. The predicted octanol–water partition coefficient (Wildman–Crippen LogP) is 1.68. The van der Waals surface area contributed by atoms with E-state index in [1.54, 1.807) is 44.2 Å². The Morgan fingerprint density at radius 2 is 1.76 bits per heavy atom. The van der Waals surface area contributed by atoms with E-state index in [0.29, 0.717) is 5.69 Å². The first-order chi connectivity index (χ1) is 7.95. The first-order valence-corrected chi connectivity index (χ1v) is 5.31. The molecule has 0 heterocycles. The molecule has 3 N–H and O–H groups in total. The van der Waals surface area contributed by atoms with Crippen LogP contribution in [0.5, 0.6) is 0 Å². The Morgan fingerprint density at radius 3 is 2.12 bits per heavy atom. The quantitative estimate of drug-likeness (QED) is 0.834. The van der Waals surface area contributed by atoms with Gasteiger partial charge in [-0.2, -0.15) is 0 Å². The van der Waals surface area contributed by atoms with Gasteiger partial charge < -0.3 is 10.8 Å². The number of hydrogen-bond donors (Lipinski definition) is 2. The highest BCUT2D eigenvalue weighted by Crippen LogP contribution is 2.20. The number of nitrogens with zero attached hydrogens (tertiary/aromatic N) is 1. The average molecular weight is 236 g/mol. The second kappa shape index (κ2) is 5.34. The van der Waals surface area contributed by atoms with Crippen molar-refractivity contribution in [3.63, 3.8) is 0 Å². The van der Waals surface area contributed by atoms with E-state index < -0.39 is 18.0 Å². The lowest BCUT2D eigenvalue weighted by atomic mass is 10.0. The van der Waals surface area contributed by atoms with Crippen LogP contribution in [0.3, 0.4) is 0 Å². The van der Waals surface area contributed by atoms with Gasteiger partial charge in [-0.15, -0.1) is 0 Å². The van der Waals surface area contributed by atoms with E-state index in [1.165, 1.54) is 0 Å². The Balaban J connectivity index is 3.17. The normalized spacial score (nSPS) is 12.2. The maximum absolute atomic E-state index is 11.4. The maximum atomic E-state index is 11.4. The van der Waals surface area contributed by atoms with Gasteiger partial charge in [-0.3, -0.25) is 4.90 Å². The summed E-state index contributed by atoms with van der Waals surface area (Å²) < 4.78 is 0. The zero-order chi connectivity index (χ0) is 13.0. The lowest BCUT2D eigenvalue weighted by Crippen LogP contribution is -2.50. The van der Waals surface area contributed by atoms with E-state index in [4.69, 9.17) is 5.73 Å². The Hall–Kier alpha value is -2.04. The molecule has 0 aliphatic heterocycles. The third-order valence-electron chi connectivity index (χ3n) is 2.43. The number of benzene rings is 1. The Labute approximate surface area is 99.8 Å². The summed E-state index contributed by atoms with van der Waals surface area (Å²) in [4.78, 5) is 23.7. The average Bonchev–Trinajstić information content (AvgIpc) is 2.25. The minimum absolute atomic E-state index is 0.236. The third kappa shape index (κ3) is 2.96. The molecule has 0 unspecified atom stereocenters. The number of hydrogen-bond acceptors (Lipinski definition) is 2. The number of para-hydroxylation sites is 1. The molecule has 0 saturated heterocycles. The van der Waals surface area contributed by atoms with Crippen molar-refractivity contribution < 1.29 is 14.7 Å². The molecule has 0 radical (unpaired) electrons. The van der Waals surface area contributed by atoms with Gasteiger partial charge in [0.1, 0.15) is 6.04 Å². The fraction of sp³-hybridized carbons (Fsp3) is 0.333. The van der Waals surface area contributed by atoms with Gasteiger partial charge in [0.2, 0.25) is 0 Å². The Bertz CT molecular complexity index is 403. The van der Waals surface area contributed by atoms with Gasteiger partial charge in [-0.25, -0.2) is 9.59 Å². The van der Waals surface area contributed by atoms with Crippen LogP contribution in [0.1, 0.15) is 13.8 Å². The molecule has 0 bridgehead atoms. The maximum Gasteiger partial charge on any atom is 0.327 e. The molecule has 0 aliphatic rings. The minimum atomic E-state index is -1.07. The van der Waals surface area contributed by atoms with Crippen molar-refractivity contribution in [3.05, 3.63) is 30.3 Å². The van der Waals surface area contributed by atoms with Crippen LogP contribution in [0.25, 0.3) is 0 Å². The molecule has 0 aromatic heterocycles. The number of nitrogens with two attached hydrogens (primary N) is 1. The van der Waals surface area contributed by atoms with Crippen molar-refractivity contribution in [2.45, 2.75) is 19.9 Å². The lowest BCUT2D eigenvalue weighted by Gasteiger charge is -2.29. The van der Waals surface area contributed by atoms with Gasteiger partial charge in [-0.1, -0.05) is 32.0 Å². The molecule has 1 atom stereocenters. The summed E-state index contributed by atoms with van der Waals surface area (Å²) in [5, 5.41) is 9.17. The van der Waals surface area contributed by atoms with Crippen LogP contribution in [0.15, 0.2) is 30.3 Å². The largest absolute Gasteiger partial charge is 0.480 e. The fourth-order valence-electron chi connectivity index (χ4n) is 1.71. The van der Waals surface area contributed by atoms with Crippen molar-refractivity contribution in [1.82, 2.24) is 0 Å². The molecule has 2 amide bonds. The number of carboxylic acid groups (broad SMARTS) is 1. The Kier molecular flexibility index (Phi) is 4.09. The molecule has 5 nitrogen and oxygen atoms in total. The second-order valence-corrected chi connectivity index (χ2v) is 4.07. The SMILES string of the molecule is CC(C)[C@@H](C(=O)O)N(C(N)=O)c1ccccc1. The van der Waals surface area contributed by atoms with Crippen molar-refractivity contribution in [2.75, 3.05) is 4.90 Å². The molecule has 17 heavy (non-hydrogen) atoms. The first-order valence-electron chi connectivity index (χ1n) is 5.31. The third-order valence-corrected chi connectivity index (χ3v) is 2.43. The number of carbonyl (C=O) groups is 2. The zero-order valence-electron chi connectivity index (χ0n) is 9.83. The monoisotopic (exact) mass is 236 g/mol. The summed E-state index contributed by atoms with van der Waals surface area (Å²) >= 11 is 0. The minimum Gasteiger partial charge on any atom is -0.480 e. The van der Waals surface area contributed by atoms with E-state index in [9.17, 15) is 14.7 Å². The van der Waals surface area contributed by atoms with Gasteiger partial charge in [0.15, 0.2) is 0 Å². The Morgan fingerprint density at radius 1 is 1.24 bits per heavy atom. The second-order valence-electron chi connectivity index (χ2n) is 4.07. The number of carboxylic acids is 1. The van der Waals surface area contributed by atoms with E-state index >= 15 is 0 Å². The highest BCUT2D eigenvalue weighted by atomic mass is 16.4. The van der Waals surface area contributed by atoms with Crippen molar-refractivity contribution >= 4 is 17.7 Å². The summed E-state index contributed by atoms with van der Waals surface area (Å²) in [6.45, 7) is 3.47. The van der Waals surface area contributed by atoms with Crippen LogP contribution in [0, 0.1) is 5.92 Å². The summed E-state index contributed by atoms with van der Waals surface area (Å²) in [7, 11) is 0. The number of rotatable bonds is 4. The molecule has 0 fully saturated rings. The molecule has 5 heteroatoms. The van der Waals surface area contributed by atoms with Crippen LogP contribution in [0.2, 0.25) is 0 Å². The van der Waals surface area contributed by atoms with E-state index in [-0.39, 0.29) is 5.92 Å². The molecule has 0 aliphatic carbocycles. The van der Waals surface area contributed by atoms with Crippen molar-refractivity contribution in [1.29, 1.82) is 0 Å². The molecule has 1 aromatic carbocycles. The molecule has 1 aromatic rings. The lowest BCUT2D eigenvalue weighted by molar-refractivity contribution is -0.139. The number of urea groups is 1. The van der Waals surface area contributed by atoms with Crippen LogP contribution in [0.4, 0.5) is 10.5 Å². The number of carbonyl (C=O) groups excluding carboxylic acids is 1. The summed E-state index contributed by atoms with van der Waals surface area (Å²) in [5.41, 5.74) is 5.76. The first kappa shape index (κ1) is 13.0. The molecule has 92 valence electrons. The summed E-state index contributed by atoms with van der Waals surface area (Å²) in [6, 6.07) is 6.82. The van der Waals surface area contributed by atoms with Gasteiger partial charge >= 0.3 is 12.0 Å². The number of anilines is 1. The summed E-state index contributed by atoms with van der Waals surface area (Å²) in [6.07, 6.45) is 0. The van der Waals surface area contributed by atoms with Gasteiger partial charge in [0, 0.05) is 5.69 Å². The highest BCUT2D eigenvalue weighted by Gasteiger charge is 2.32. The standard InChI is InChI=1S/C12H16N2O3/c1-8(2)10(11(15)16)14(12(13)17)9-6-4-3-5-7-9/h3-8,10H,1-2H3,(H2,13,17)(H,15,16)/t10-/m0/s1. The van der Waals surface area contributed by atoms with Gasteiger partial charge in [0.25, 0.3) is 0 Å². The number of aliphatic carboxylic acids is 1. The summed E-state index contributed by atoms with van der Waals surface area (Å²) in [5.74, 6) is -1.30. The van der Waals surface area contributed by atoms with Crippen LogP contribution in [-0.4, -0.2) is 23.1 Å². The molecule has 0 spiro atoms. The molecule has 0 saturated carbocycles. The van der Waals surface area contributed by atoms with Gasteiger partial charge in [-0.05, 0) is 18.1 Å². The topological polar surface area (TPSA) is 83.6 Å². The molecular weight excluding hydrogens is 220 g/mol. The van der Waals surface area contributed by atoms with E-state index in [1.807, 2.05) is 0 Å². The predicted molar refractivity (Wildman–Crippen MR) is 64.8 cm³/mol. The van der Waals surface area contributed by atoms with Gasteiger partial charge in [0.05, 0.1) is 0 Å². The number of amides is 2. The van der Waals surface area contributed by atoms with Crippen LogP contribution < -0.4 is 10.6 Å².